The average molecular weight is 1170 g/mol. The first-order chi connectivity index (χ1) is 36.3. The molecule has 1 aliphatic heterocycles. The SMILES string of the molecule is CC(C)(C)c1ccnc(-n2c3[c-]c(Oc4[c-]c(N5[CH-]N(c6cc(-c7ccccc7)cc(C(C)(C)c7ccccc7)c6)c6cc(C(C)(C)c7ccccc7)ccc65)ccc4)ccc3c3cc(-c4ccccc4)ccc32)c1.[Pt]. The number of hydrogen-bond acceptors (Lipinski definition) is 4. The maximum absolute atomic E-state index is 6.82. The van der Waals surface area contributed by atoms with Crippen LogP contribution in [0.2, 0.25) is 0 Å². The Morgan fingerprint density at radius 3 is 1.74 bits per heavy atom. The Bertz CT molecular complexity index is 3880. The van der Waals surface area contributed by atoms with Crippen molar-refractivity contribution in [2.45, 2.75) is 64.7 Å². The van der Waals surface area contributed by atoms with Gasteiger partial charge in [0.1, 0.15) is 5.82 Å². The Labute approximate surface area is 462 Å². The van der Waals surface area contributed by atoms with Crippen LogP contribution in [0.4, 0.5) is 22.7 Å². The Hall–Kier alpha value is -7.98. The van der Waals surface area contributed by atoms with Crippen LogP contribution in [0.5, 0.6) is 11.5 Å². The van der Waals surface area contributed by atoms with Gasteiger partial charge in [0.2, 0.25) is 0 Å². The number of anilines is 4. The Balaban J connectivity index is 0.00000616. The molecule has 1 aliphatic rings. The van der Waals surface area contributed by atoms with Gasteiger partial charge in [0, 0.05) is 72.2 Å². The fourth-order valence-corrected chi connectivity index (χ4v) is 10.7. The summed E-state index contributed by atoms with van der Waals surface area (Å²) in [6.07, 6.45) is 1.91. The molecule has 9 aromatic carbocycles. The van der Waals surface area contributed by atoms with E-state index in [1.165, 1.54) is 38.9 Å². The topological polar surface area (TPSA) is 33.5 Å². The van der Waals surface area contributed by atoms with Crippen molar-refractivity contribution in [3.63, 3.8) is 0 Å². The van der Waals surface area contributed by atoms with Crippen molar-refractivity contribution < 1.29 is 25.8 Å². The summed E-state index contributed by atoms with van der Waals surface area (Å²) in [5.41, 5.74) is 16.2. The molecule has 12 rings (SSSR count). The first-order valence-corrected chi connectivity index (χ1v) is 25.9. The van der Waals surface area contributed by atoms with Crippen molar-refractivity contribution in [2.24, 2.45) is 0 Å². The normalized spacial score (nSPS) is 12.7. The summed E-state index contributed by atoms with van der Waals surface area (Å²) in [5, 5.41) is 2.19. The molecule has 0 saturated carbocycles. The molecule has 6 heteroatoms. The molecular formula is C70H59N4OPt-3. The van der Waals surface area contributed by atoms with Crippen LogP contribution >= 0.6 is 0 Å². The van der Waals surface area contributed by atoms with Gasteiger partial charge < -0.3 is 19.1 Å². The van der Waals surface area contributed by atoms with E-state index in [0.29, 0.717) is 11.5 Å². The van der Waals surface area contributed by atoms with Crippen LogP contribution in [0.3, 0.4) is 0 Å². The molecule has 0 spiro atoms. The molecule has 378 valence electrons. The average Bonchev–Trinajstić information content (AvgIpc) is 4.02. The molecule has 0 atom stereocenters. The molecule has 0 radical (unpaired) electrons. The quantitative estimate of drug-likeness (QED) is 0.121. The van der Waals surface area contributed by atoms with E-state index in [0.717, 1.165) is 61.5 Å². The molecule has 0 N–H and O–H groups in total. The zero-order valence-corrected chi connectivity index (χ0v) is 46.2. The van der Waals surface area contributed by atoms with Crippen LogP contribution in [-0.2, 0) is 37.3 Å². The van der Waals surface area contributed by atoms with Gasteiger partial charge in [-0.1, -0.05) is 200 Å². The Kier molecular flexibility index (Phi) is 13.2. The zero-order chi connectivity index (χ0) is 51.5. The second-order valence-corrected chi connectivity index (χ2v) is 21.8. The molecule has 2 aromatic heterocycles. The number of nitrogens with zero attached hydrogens (tertiary/aromatic N) is 4. The third-order valence-electron chi connectivity index (χ3n) is 15.3. The minimum Gasteiger partial charge on any atom is -0.509 e. The maximum atomic E-state index is 6.82. The molecule has 0 fully saturated rings. The summed E-state index contributed by atoms with van der Waals surface area (Å²) in [4.78, 5) is 9.55. The van der Waals surface area contributed by atoms with Gasteiger partial charge >= 0.3 is 0 Å². The number of pyridine rings is 1. The Morgan fingerprint density at radius 1 is 0.434 bits per heavy atom. The minimum absolute atomic E-state index is 0. The molecule has 11 aromatic rings. The monoisotopic (exact) mass is 1170 g/mol. The molecule has 76 heavy (non-hydrogen) atoms. The summed E-state index contributed by atoms with van der Waals surface area (Å²) in [6, 6.07) is 85.5. The summed E-state index contributed by atoms with van der Waals surface area (Å²) in [6.45, 7) is 18.2. The smallest absolute Gasteiger partial charge is 0.135 e. The van der Waals surface area contributed by atoms with Gasteiger partial charge in [-0.05, 0) is 103 Å². The number of aromatic nitrogens is 2. The number of fused-ring (bicyclic) bond motifs is 4. The summed E-state index contributed by atoms with van der Waals surface area (Å²) < 4.78 is 9.04. The summed E-state index contributed by atoms with van der Waals surface area (Å²) in [5.74, 6) is 2.00. The number of ether oxygens (including phenoxy) is 1. The van der Waals surface area contributed by atoms with Crippen LogP contribution in [0.1, 0.15) is 76.3 Å². The standard InChI is InChI=1S/C70H59N4O.Pt/c1-68(2,3)54-37-38-71-67(44-54)74-63-35-31-50(48-21-12-8-13-22-48)41-62(63)61-34-33-60(46-65(61)74)75-59-30-20-29-57(45-59)72-47-73(66-43-55(32-36-64(66)72)69(4,5)52-25-16-10-17-26-52)58-40-51(49-23-14-9-15-24-49)39-56(42-58)70(6,7)53-27-18-11-19-28-53;/h8-44,47H,1-7H3;/q-3;. The summed E-state index contributed by atoms with van der Waals surface area (Å²) >= 11 is 0. The van der Waals surface area contributed by atoms with E-state index < -0.39 is 0 Å². The van der Waals surface area contributed by atoms with E-state index in [9.17, 15) is 0 Å². The second-order valence-electron chi connectivity index (χ2n) is 21.8. The minimum atomic E-state index is -0.286. The molecule has 0 saturated heterocycles. The third-order valence-corrected chi connectivity index (χ3v) is 15.3. The molecular weight excluding hydrogens is 1110 g/mol. The van der Waals surface area contributed by atoms with Gasteiger partial charge in [0.25, 0.3) is 0 Å². The van der Waals surface area contributed by atoms with Crippen LogP contribution in [0.25, 0.3) is 49.9 Å². The number of rotatable bonds is 11. The second kappa shape index (κ2) is 19.9. The van der Waals surface area contributed by atoms with Crippen LogP contribution in [0, 0.1) is 18.8 Å². The van der Waals surface area contributed by atoms with Crippen molar-refractivity contribution >= 4 is 44.6 Å². The van der Waals surface area contributed by atoms with Crippen molar-refractivity contribution in [2.75, 3.05) is 9.80 Å². The summed E-state index contributed by atoms with van der Waals surface area (Å²) in [7, 11) is 0. The van der Waals surface area contributed by atoms with Gasteiger partial charge in [-0.15, -0.1) is 48.1 Å². The largest absolute Gasteiger partial charge is 0.509 e. The number of hydrogen-bond donors (Lipinski definition) is 0. The molecule has 3 heterocycles. The van der Waals surface area contributed by atoms with E-state index in [1.54, 1.807) is 0 Å². The molecule has 0 aliphatic carbocycles. The van der Waals surface area contributed by atoms with Gasteiger partial charge in [0.15, 0.2) is 0 Å². The molecule has 5 nitrogen and oxygen atoms in total. The van der Waals surface area contributed by atoms with Gasteiger partial charge in [0.05, 0.1) is 0 Å². The fraction of sp³-hybridized carbons (Fsp3) is 0.143. The predicted molar refractivity (Wildman–Crippen MR) is 311 cm³/mol. The van der Waals surface area contributed by atoms with E-state index in [-0.39, 0.29) is 37.3 Å². The van der Waals surface area contributed by atoms with E-state index >= 15 is 0 Å². The molecule has 0 amide bonds. The first-order valence-electron chi connectivity index (χ1n) is 25.9. The van der Waals surface area contributed by atoms with E-state index in [2.05, 4.69) is 282 Å². The van der Waals surface area contributed by atoms with Crippen molar-refractivity contribution in [3.05, 3.63) is 271 Å². The van der Waals surface area contributed by atoms with Crippen molar-refractivity contribution in [1.82, 2.24) is 9.55 Å². The van der Waals surface area contributed by atoms with Crippen molar-refractivity contribution in [1.29, 1.82) is 0 Å². The van der Waals surface area contributed by atoms with E-state index in [4.69, 9.17) is 9.72 Å². The Morgan fingerprint density at radius 2 is 1.07 bits per heavy atom. The molecule has 0 unspecified atom stereocenters. The zero-order valence-electron chi connectivity index (χ0n) is 44.0. The van der Waals surface area contributed by atoms with Crippen LogP contribution in [-0.4, -0.2) is 9.55 Å². The van der Waals surface area contributed by atoms with Gasteiger partial charge in [-0.25, -0.2) is 4.98 Å². The van der Waals surface area contributed by atoms with Gasteiger partial charge in [-0.2, -0.15) is 12.1 Å². The van der Waals surface area contributed by atoms with Gasteiger partial charge in [-0.3, -0.25) is 0 Å². The van der Waals surface area contributed by atoms with Crippen LogP contribution in [0.15, 0.2) is 225 Å². The first kappa shape index (κ1) is 50.2. The van der Waals surface area contributed by atoms with Crippen LogP contribution < -0.4 is 14.5 Å². The number of benzene rings is 9. The maximum Gasteiger partial charge on any atom is 0.135 e. The predicted octanol–water partition coefficient (Wildman–Crippen LogP) is 18.3. The van der Waals surface area contributed by atoms with E-state index in [1.807, 2.05) is 24.4 Å². The molecule has 0 bridgehead atoms. The third kappa shape index (κ3) is 9.32. The fourth-order valence-electron chi connectivity index (χ4n) is 10.7. The van der Waals surface area contributed by atoms with Crippen molar-refractivity contribution in [3.8, 4) is 39.6 Å².